The third-order valence-electron chi connectivity index (χ3n) is 3.27. The lowest BCUT2D eigenvalue weighted by molar-refractivity contribution is -0.113. The molecule has 0 unspecified atom stereocenters. The van der Waals surface area contributed by atoms with Crippen molar-refractivity contribution in [3.8, 4) is 0 Å². The van der Waals surface area contributed by atoms with Crippen molar-refractivity contribution < 1.29 is 23.1 Å². The van der Waals surface area contributed by atoms with Gasteiger partial charge in [-0.15, -0.1) is 0 Å². The molecule has 0 fully saturated rings. The van der Waals surface area contributed by atoms with Crippen molar-refractivity contribution in [3.63, 3.8) is 0 Å². The minimum absolute atomic E-state index is 0.0771. The van der Waals surface area contributed by atoms with Crippen LogP contribution in [0.5, 0.6) is 0 Å². The van der Waals surface area contributed by atoms with Gasteiger partial charge in [-0.2, -0.15) is 0 Å². The molecule has 2 aromatic rings. The Morgan fingerprint density at radius 3 is 2.12 bits per heavy atom. The molecule has 126 valence electrons. The molecule has 0 aliphatic carbocycles. The second-order valence-electron chi connectivity index (χ2n) is 5.45. The number of aryl methyl sites for hydroxylation is 1. The van der Waals surface area contributed by atoms with Gasteiger partial charge in [0.2, 0.25) is 5.91 Å². The van der Waals surface area contributed by atoms with Crippen LogP contribution in [0.4, 0.5) is 5.69 Å². The summed E-state index contributed by atoms with van der Waals surface area (Å²) in [5.41, 5.74) is 2.08. The molecule has 2 rings (SSSR count). The monoisotopic (exact) mass is 347 g/mol. The van der Waals surface area contributed by atoms with Gasteiger partial charge in [0.05, 0.1) is 11.3 Å². The summed E-state index contributed by atoms with van der Waals surface area (Å²) in [7, 11) is -3.65. The number of carbonyl (C=O) groups is 2. The number of anilines is 1. The Hall–Kier alpha value is -2.67. The molecule has 0 saturated heterocycles. The van der Waals surface area contributed by atoms with E-state index in [0.717, 1.165) is 5.56 Å². The highest BCUT2D eigenvalue weighted by Gasteiger charge is 2.18. The lowest BCUT2D eigenvalue weighted by Crippen LogP contribution is -2.24. The molecule has 0 aliphatic heterocycles. The number of carboxylic acid groups (broad SMARTS) is 1. The fraction of sp³-hybridized carbons (Fsp3) is 0.176. The lowest BCUT2D eigenvalue weighted by Gasteiger charge is -2.07. The third-order valence-corrected chi connectivity index (χ3v) is 4.75. The van der Waals surface area contributed by atoms with Crippen LogP contribution in [0.15, 0.2) is 48.5 Å². The van der Waals surface area contributed by atoms with Gasteiger partial charge in [-0.3, -0.25) is 4.79 Å². The van der Waals surface area contributed by atoms with Gasteiger partial charge in [-0.1, -0.05) is 29.8 Å². The number of sulfone groups is 1. The molecule has 0 atom stereocenters. The minimum atomic E-state index is -3.65. The molecule has 2 aromatic carbocycles. The smallest absolute Gasteiger partial charge is 0.335 e. The number of hydrogen-bond donors (Lipinski definition) is 2. The highest BCUT2D eigenvalue weighted by atomic mass is 32.2. The summed E-state index contributed by atoms with van der Waals surface area (Å²) in [6.07, 6.45) is 0. The average Bonchev–Trinajstić information content (AvgIpc) is 2.49. The van der Waals surface area contributed by atoms with E-state index in [-0.39, 0.29) is 11.3 Å². The van der Waals surface area contributed by atoms with Crippen LogP contribution in [-0.2, 0) is 20.4 Å². The first kappa shape index (κ1) is 17.7. The molecule has 0 saturated carbocycles. The normalized spacial score (nSPS) is 11.0. The van der Waals surface area contributed by atoms with Crippen LogP contribution in [0, 0.1) is 6.92 Å². The maximum atomic E-state index is 12.1. The fourth-order valence-electron chi connectivity index (χ4n) is 2.08. The number of aromatic carboxylic acids is 1. The second-order valence-corrected chi connectivity index (χ2v) is 7.51. The summed E-state index contributed by atoms with van der Waals surface area (Å²) in [4.78, 5) is 22.6. The van der Waals surface area contributed by atoms with E-state index in [1.165, 1.54) is 24.3 Å². The van der Waals surface area contributed by atoms with E-state index < -0.39 is 27.5 Å². The van der Waals surface area contributed by atoms with Crippen molar-refractivity contribution in [1.82, 2.24) is 0 Å². The molecule has 0 bridgehead atoms. The molecule has 0 radical (unpaired) electrons. The number of rotatable bonds is 6. The van der Waals surface area contributed by atoms with E-state index in [1.54, 1.807) is 12.1 Å². The first-order chi connectivity index (χ1) is 11.2. The van der Waals surface area contributed by atoms with E-state index >= 15 is 0 Å². The highest BCUT2D eigenvalue weighted by molar-refractivity contribution is 7.91. The van der Waals surface area contributed by atoms with Crippen LogP contribution < -0.4 is 5.32 Å². The minimum Gasteiger partial charge on any atom is -0.478 e. The van der Waals surface area contributed by atoms with Crippen molar-refractivity contribution in [2.75, 3.05) is 11.1 Å². The Labute approximate surface area is 140 Å². The van der Waals surface area contributed by atoms with Crippen molar-refractivity contribution in [3.05, 3.63) is 65.2 Å². The third kappa shape index (κ3) is 5.20. The molecule has 6 nitrogen and oxygen atoms in total. The predicted octanol–water partition coefficient (Wildman–Crippen LogP) is 2.25. The molecule has 0 aromatic heterocycles. The number of hydrogen-bond acceptors (Lipinski definition) is 4. The molecule has 7 heteroatoms. The Balaban J connectivity index is 1.98. The van der Waals surface area contributed by atoms with Gasteiger partial charge in [0.25, 0.3) is 0 Å². The topological polar surface area (TPSA) is 101 Å². The first-order valence-corrected chi connectivity index (χ1v) is 8.96. The van der Waals surface area contributed by atoms with E-state index in [1.807, 2.05) is 19.1 Å². The van der Waals surface area contributed by atoms with Gasteiger partial charge < -0.3 is 10.4 Å². The maximum Gasteiger partial charge on any atom is 0.335 e. The van der Waals surface area contributed by atoms with Gasteiger partial charge in [0.1, 0.15) is 5.75 Å². The van der Waals surface area contributed by atoms with Crippen LogP contribution >= 0.6 is 0 Å². The molecule has 2 N–H and O–H groups in total. The van der Waals surface area contributed by atoms with Crippen LogP contribution in [-0.4, -0.2) is 31.2 Å². The highest BCUT2D eigenvalue weighted by Crippen LogP contribution is 2.11. The Morgan fingerprint density at radius 1 is 1.00 bits per heavy atom. The molecule has 0 heterocycles. The number of nitrogens with one attached hydrogen (secondary N) is 1. The van der Waals surface area contributed by atoms with Gasteiger partial charge >= 0.3 is 5.97 Å². The second kappa shape index (κ2) is 7.27. The van der Waals surface area contributed by atoms with Gasteiger partial charge in [-0.25, -0.2) is 13.2 Å². The van der Waals surface area contributed by atoms with Crippen LogP contribution in [0.2, 0.25) is 0 Å². The lowest BCUT2D eigenvalue weighted by atomic mass is 10.1. The molecular formula is C17H17NO5S. The molecule has 0 spiro atoms. The molecular weight excluding hydrogens is 330 g/mol. The molecule has 1 amide bonds. The number of carbonyl (C=O) groups excluding carboxylic acids is 1. The summed E-state index contributed by atoms with van der Waals surface area (Å²) in [6.45, 7) is 1.91. The van der Waals surface area contributed by atoms with E-state index in [4.69, 9.17) is 5.11 Å². The zero-order valence-corrected chi connectivity index (χ0v) is 13.8. The van der Waals surface area contributed by atoms with Crippen LogP contribution in [0.1, 0.15) is 21.5 Å². The van der Waals surface area contributed by atoms with Gasteiger partial charge in [0.15, 0.2) is 9.84 Å². The number of benzene rings is 2. The van der Waals surface area contributed by atoms with Crippen LogP contribution in [0.3, 0.4) is 0 Å². The standard InChI is InChI=1S/C17H17NO5S/c1-12-2-8-15(9-3-12)18-16(19)11-24(22,23)10-13-4-6-14(7-5-13)17(20)21/h2-9H,10-11H2,1H3,(H,18,19)(H,20,21). The van der Waals surface area contributed by atoms with E-state index in [0.29, 0.717) is 11.3 Å². The quantitative estimate of drug-likeness (QED) is 0.835. The maximum absolute atomic E-state index is 12.1. The summed E-state index contributed by atoms with van der Waals surface area (Å²) in [6, 6.07) is 12.5. The van der Waals surface area contributed by atoms with Gasteiger partial charge in [-0.05, 0) is 36.8 Å². The number of carboxylic acids is 1. The Morgan fingerprint density at radius 2 is 1.58 bits per heavy atom. The zero-order chi connectivity index (χ0) is 17.7. The summed E-state index contributed by atoms with van der Waals surface area (Å²) >= 11 is 0. The Kier molecular flexibility index (Phi) is 5.35. The number of amides is 1. The summed E-state index contributed by atoms with van der Waals surface area (Å²) in [5.74, 6) is -2.65. The van der Waals surface area contributed by atoms with Crippen molar-refractivity contribution in [2.45, 2.75) is 12.7 Å². The van der Waals surface area contributed by atoms with Gasteiger partial charge in [0, 0.05) is 5.69 Å². The molecule has 24 heavy (non-hydrogen) atoms. The zero-order valence-electron chi connectivity index (χ0n) is 13.0. The fourth-order valence-corrected chi connectivity index (χ4v) is 3.36. The summed E-state index contributed by atoms with van der Waals surface area (Å²) < 4.78 is 24.2. The van der Waals surface area contributed by atoms with E-state index in [9.17, 15) is 18.0 Å². The first-order valence-electron chi connectivity index (χ1n) is 7.14. The van der Waals surface area contributed by atoms with Crippen molar-refractivity contribution >= 4 is 27.4 Å². The van der Waals surface area contributed by atoms with Crippen molar-refractivity contribution in [2.24, 2.45) is 0 Å². The largest absolute Gasteiger partial charge is 0.478 e. The molecule has 0 aliphatic rings. The van der Waals surface area contributed by atoms with Crippen LogP contribution in [0.25, 0.3) is 0 Å². The predicted molar refractivity (Wildman–Crippen MR) is 90.7 cm³/mol. The summed E-state index contributed by atoms with van der Waals surface area (Å²) in [5, 5.41) is 11.4. The average molecular weight is 347 g/mol. The van der Waals surface area contributed by atoms with E-state index in [2.05, 4.69) is 5.32 Å². The van der Waals surface area contributed by atoms with Crippen molar-refractivity contribution in [1.29, 1.82) is 0 Å². The SMILES string of the molecule is Cc1ccc(NC(=O)CS(=O)(=O)Cc2ccc(C(=O)O)cc2)cc1. The Bertz CT molecular complexity index is 840.